The van der Waals surface area contributed by atoms with E-state index in [9.17, 15) is 4.79 Å². The first kappa shape index (κ1) is 23.9. The van der Waals surface area contributed by atoms with Gasteiger partial charge in [-0.3, -0.25) is 4.79 Å². The Kier molecular flexibility index (Phi) is 12.2. The summed E-state index contributed by atoms with van der Waals surface area (Å²) in [6.07, 6.45) is 3.73. The van der Waals surface area contributed by atoms with Gasteiger partial charge in [-0.2, -0.15) is 0 Å². The van der Waals surface area contributed by atoms with Gasteiger partial charge in [0.2, 0.25) is 5.91 Å². The van der Waals surface area contributed by atoms with E-state index >= 15 is 0 Å². The number of carbonyl (C=O) groups excluding carboxylic acids is 1. The first-order valence-electron chi connectivity index (χ1n) is 8.58. The predicted molar refractivity (Wildman–Crippen MR) is 100 cm³/mol. The number of nitrogens with one attached hydrogen (secondary N) is 1. The highest BCUT2D eigenvalue weighted by atomic mass is 35.5. The Morgan fingerprint density at radius 1 is 1.25 bits per heavy atom. The molecule has 24 heavy (non-hydrogen) atoms. The van der Waals surface area contributed by atoms with Crippen molar-refractivity contribution in [3.8, 4) is 0 Å². The molecule has 144 valence electrons. The summed E-state index contributed by atoms with van der Waals surface area (Å²) in [4.78, 5) is 14.6. The lowest BCUT2D eigenvalue weighted by Gasteiger charge is -2.32. The summed E-state index contributed by atoms with van der Waals surface area (Å²) in [5.74, 6) is 0.0394. The maximum absolute atomic E-state index is 12.2. The van der Waals surface area contributed by atoms with Gasteiger partial charge >= 0.3 is 0 Å². The van der Waals surface area contributed by atoms with Gasteiger partial charge in [-0.1, -0.05) is 0 Å². The molecule has 0 spiro atoms. The van der Waals surface area contributed by atoms with E-state index in [-0.39, 0.29) is 49.0 Å². The molecule has 2 aliphatic rings. The van der Waals surface area contributed by atoms with Crippen molar-refractivity contribution in [1.29, 1.82) is 0 Å². The zero-order valence-electron chi connectivity index (χ0n) is 14.7. The summed E-state index contributed by atoms with van der Waals surface area (Å²) in [6.45, 7) is 8.41. The first-order valence-corrected chi connectivity index (χ1v) is 8.58. The van der Waals surface area contributed by atoms with Gasteiger partial charge in [0.1, 0.15) is 6.10 Å². The lowest BCUT2D eigenvalue weighted by molar-refractivity contribution is -0.132. The van der Waals surface area contributed by atoms with Crippen LogP contribution in [-0.2, 0) is 14.3 Å². The molecule has 3 N–H and O–H groups in total. The maximum atomic E-state index is 12.2. The van der Waals surface area contributed by atoms with E-state index in [0.29, 0.717) is 12.6 Å². The van der Waals surface area contributed by atoms with Crippen LogP contribution in [0.15, 0.2) is 0 Å². The van der Waals surface area contributed by atoms with Crippen molar-refractivity contribution < 1.29 is 14.3 Å². The van der Waals surface area contributed by atoms with Crippen molar-refractivity contribution in [3.63, 3.8) is 0 Å². The van der Waals surface area contributed by atoms with Gasteiger partial charge in [0.25, 0.3) is 0 Å². The number of hydrogen-bond donors (Lipinski definition) is 2. The third-order valence-corrected chi connectivity index (χ3v) is 4.46. The normalized spacial score (nSPS) is 25.2. The monoisotopic (exact) mass is 385 g/mol. The van der Waals surface area contributed by atoms with Crippen molar-refractivity contribution in [3.05, 3.63) is 0 Å². The lowest BCUT2D eigenvalue weighted by Crippen LogP contribution is -2.48. The summed E-state index contributed by atoms with van der Waals surface area (Å²) in [5.41, 5.74) is 5.58. The smallest absolute Gasteiger partial charge is 0.249 e. The van der Waals surface area contributed by atoms with Crippen LogP contribution in [0.1, 0.15) is 39.5 Å². The fraction of sp³-hybridized carbons (Fsp3) is 0.938. The van der Waals surface area contributed by atoms with Crippen LogP contribution >= 0.6 is 24.8 Å². The Labute approximate surface area is 158 Å². The van der Waals surface area contributed by atoms with Gasteiger partial charge in [0.05, 0.1) is 18.8 Å². The molecule has 0 aromatic heterocycles. The fourth-order valence-corrected chi connectivity index (χ4v) is 3.08. The highest BCUT2D eigenvalue weighted by Gasteiger charge is 2.31. The van der Waals surface area contributed by atoms with Crippen molar-refractivity contribution >= 4 is 30.7 Å². The van der Waals surface area contributed by atoms with E-state index in [1.807, 2.05) is 0 Å². The summed E-state index contributed by atoms with van der Waals surface area (Å²) < 4.78 is 11.2. The molecular weight excluding hydrogens is 353 g/mol. The highest BCUT2D eigenvalue weighted by Crippen LogP contribution is 2.19. The number of rotatable bonds is 7. The fourth-order valence-electron chi connectivity index (χ4n) is 3.08. The number of piperidine rings is 1. The Bertz CT molecular complexity index is 353. The minimum Gasteiger partial charge on any atom is -0.377 e. The summed E-state index contributed by atoms with van der Waals surface area (Å²) in [6, 6.07) is 0.273. The molecule has 8 heteroatoms. The number of carbonyl (C=O) groups is 1. The van der Waals surface area contributed by atoms with Gasteiger partial charge in [-0.15, -0.1) is 24.8 Å². The van der Waals surface area contributed by atoms with Crippen LogP contribution in [-0.4, -0.2) is 67.9 Å². The van der Waals surface area contributed by atoms with Crippen molar-refractivity contribution in [1.82, 2.24) is 10.2 Å². The second-order valence-corrected chi connectivity index (χ2v) is 6.60. The highest BCUT2D eigenvalue weighted by molar-refractivity contribution is 5.85. The molecule has 0 saturated carbocycles. The molecule has 0 radical (unpaired) electrons. The third kappa shape index (κ3) is 7.85. The largest absolute Gasteiger partial charge is 0.377 e. The topological polar surface area (TPSA) is 76.8 Å². The van der Waals surface area contributed by atoms with Crippen LogP contribution in [0.2, 0.25) is 0 Å². The Hall–Kier alpha value is -0.110. The van der Waals surface area contributed by atoms with Crippen LogP contribution in [0.25, 0.3) is 0 Å². The van der Waals surface area contributed by atoms with Crippen molar-refractivity contribution in [2.24, 2.45) is 5.73 Å². The van der Waals surface area contributed by atoms with E-state index in [0.717, 1.165) is 51.9 Å². The van der Waals surface area contributed by atoms with Gasteiger partial charge in [0, 0.05) is 32.2 Å². The minimum absolute atomic E-state index is 0. The van der Waals surface area contributed by atoms with Crippen molar-refractivity contribution in [2.45, 2.75) is 63.9 Å². The van der Waals surface area contributed by atoms with Crippen LogP contribution in [0.4, 0.5) is 0 Å². The van der Waals surface area contributed by atoms with Crippen LogP contribution in [0, 0.1) is 0 Å². The molecule has 2 atom stereocenters. The average Bonchev–Trinajstić information content (AvgIpc) is 2.98. The lowest BCUT2D eigenvalue weighted by atomic mass is 10.0. The van der Waals surface area contributed by atoms with E-state index in [2.05, 4.69) is 24.1 Å². The van der Waals surface area contributed by atoms with Gasteiger partial charge in [-0.05, 0) is 39.5 Å². The molecule has 2 heterocycles. The zero-order chi connectivity index (χ0) is 15.9. The van der Waals surface area contributed by atoms with Crippen molar-refractivity contribution in [2.75, 3.05) is 32.8 Å². The standard InChI is InChI=1S/C16H31N3O3.2ClH/c1-12(2)21-10-9-19-7-5-13(6-8-19)18-16(20)15-4-3-14(11-17)22-15;;/h12-15H,3-11,17H2,1-2H3,(H,18,20);2*1H/t14-,15+;;/m1../s1. The molecule has 2 rings (SSSR count). The van der Waals surface area contributed by atoms with E-state index in [1.165, 1.54) is 0 Å². The molecule has 2 saturated heterocycles. The Morgan fingerprint density at radius 2 is 1.92 bits per heavy atom. The van der Waals surface area contributed by atoms with E-state index < -0.39 is 0 Å². The SMILES string of the molecule is CC(C)OCCN1CCC(NC(=O)[C@@H]2CC[C@H](CN)O2)CC1.Cl.Cl. The average molecular weight is 386 g/mol. The summed E-state index contributed by atoms with van der Waals surface area (Å²) in [7, 11) is 0. The second kappa shape index (κ2) is 12.3. The Morgan fingerprint density at radius 3 is 2.46 bits per heavy atom. The van der Waals surface area contributed by atoms with Crippen LogP contribution < -0.4 is 11.1 Å². The third-order valence-electron chi connectivity index (χ3n) is 4.46. The molecule has 1 amide bonds. The number of likely N-dealkylation sites (tertiary alicyclic amines) is 1. The number of nitrogens with two attached hydrogens (primary N) is 1. The summed E-state index contributed by atoms with van der Waals surface area (Å²) in [5, 5.41) is 3.14. The molecule has 0 unspecified atom stereocenters. The van der Waals surface area contributed by atoms with Crippen LogP contribution in [0.3, 0.4) is 0 Å². The van der Waals surface area contributed by atoms with Crippen LogP contribution in [0.5, 0.6) is 0 Å². The second-order valence-electron chi connectivity index (χ2n) is 6.60. The molecule has 0 aromatic carbocycles. The van der Waals surface area contributed by atoms with Gasteiger partial charge < -0.3 is 25.4 Å². The molecular formula is C16H33Cl2N3O3. The minimum atomic E-state index is -0.300. The molecule has 0 aliphatic carbocycles. The molecule has 2 fully saturated rings. The van der Waals surface area contributed by atoms with E-state index in [1.54, 1.807) is 0 Å². The number of ether oxygens (including phenoxy) is 2. The molecule has 2 aliphatic heterocycles. The maximum Gasteiger partial charge on any atom is 0.249 e. The quantitative estimate of drug-likeness (QED) is 0.691. The van der Waals surface area contributed by atoms with Gasteiger partial charge in [-0.25, -0.2) is 0 Å². The molecule has 0 bridgehead atoms. The number of halogens is 2. The van der Waals surface area contributed by atoms with Gasteiger partial charge in [0.15, 0.2) is 0 Å². The predicted octanol–water partition coefficient (Wildman–Crippen LogP) is 1.34. The Balaban J connectivity index is 0.00000264. The molecule has 6 nitrogen and oxygen atoms in total. The number of hydrogen-bond acceptors (Lipinski definition) is 5. The number of nitrogens with zero attached hydrogens (tertiary/aromatic N) is 1. The molecule has 0 aromatic rings. The summed E-state index contributed by atoms with van der Waals surface area (Å²) >= 11 is 0. The number of amides is 1. The zero-order valence-corrected chi connectivity index (χ0v) is 16.4. The van der Waals surface area contributed by atoms with E-state index in [4.69, 9.17) is 15.2 Å². The first-order chi connectivity index (χ1) is 10.6.